The molecule has 1 atom stereocenters. The normalized spacial score (nSPS) is 18.9. The van der Waals surface area contributed by atoms with Gasteiger partial charge in [0.25, 0.3) is 0 Å². The molecule has 2 heteroatoms. The molecule has 2 heterocycles. The molecule has 3 aromatic rings. The smallest absolute Gasteiger partial charge is 0.0450 e. The van der Waals surface area contributed by atoms with Crippen molar-refractivity contribution < 1.29 is 0 Å². The van der Waals surface area contributed by atoms with Crippen molar-refractivity contribution in [3.8, 4) is 0 Å². The van der Waals surface area contributed by atoms with E-state index in [0.29, 0.717) is 5.92 Å². The lowest BCUT2D eigenvalue weighted by molar-refractivity contribution is 0.576. The van der Waals surface area contributed by atoms with Crippen LogP contribution in [0.4, 0.5) is 11.4 Å². The van der Waals surface area contributed by atoms with Crippen molar-refractivity contribution in [2.75, 3.05) is 29.4 Å². The third-order valence-electron chi connectivity index (χ3n) is 6.31. The van der Waals surface area contributed by atoms with Gasteiger partial charge in [0.2, 0.25) is 0 Å². The summed E-state index contributed by atoms with van der Waals surface area (Å²) in [5.41, 5.74) is 7.16. The zero-order valence-corrected chi connectivity index (χ0v) is 16.4. The molecule has 0 N–H and O–H groups in total. The van der Waals surface area contributed by atoms with Crippen LogP contribution in [0.3, 0.4) is 0 Å². The van der Waals surface area contributed by atoms with Gasteiger partial charge in [0.1, 0.15) is 0 Å². The van der Waals surface area contributed by atoms with Crippen molar-refractivity contribution in [3.05, 3.63) is 95.6 Å². The van der Waals surface area contributed by atoms with E-state index in [1.807, 2.05) is 0 Å². The van der Waals surface area contributed by atoms with E-state index in [-0.39, 0.29) is 0 Å². The lowest BCUT2D eigenvalue weighted by Crippen LogP contribution is -2.31. The fourth-order valence-electron chi connectivity index (χ4n) is 4.90. The first-order valence-electron chi connectivity index (χ1n) is 10.6. The number of piperidine rings is 1. The number of hydrogen-bond acceptors (Lipinski definition) is 2. The summed E-state index contributed by atoms with van der Waals surface area (Å²) in [6.45, 7) is 4.42. The van der Waals surface area contributed by atoms with Gasteiger partial charge in [-0.2, -0.15) is 0 Å². The Kier molecular flexibility index (Phi) is 4.78. The van der Waals surface area contributed by atoms with Gasteiger partial charge in [0, 0.05) is 43.5 Å². The Morgan fingerprint density at radius 2 is 1.36 bits per heavy atom. The molecule has 0 amide bonds. The largest absolute Gasteiger partial charge is 0.371 e. The predicted octanol–water partition coefficient (Wildman–Crippen LogP) is 5.83. The predicted molar refractivity (Wildman–Crippen MR) is 118 cm³/mol. The molecule has 0 aromatic heterocycles. The van der Waals surface area contributed by atoms with Crippen LogP contribution >= 0.6 is 0 Å². The van der Waals surface area contributed by atoms with Gasteiger partial charge in [-0.3, -0.25) is 0 Å². The highest BCUT2D eigenvalue weighted by atomic mass is 15.2. The van der Waals surface area contributed by atoms with Crippen molar-refractivity contribution in [3.63, 3.8) is 0 Å². The van der Waals surface area contributed by atoms with Crippen LogP contribution in [0.15, 0.2) is 78.9 Å². The minimum atomic E-state index is 0.458. The van der Waals surface area contributed by atoms with Gasteiger partial charge in [0.15, 0.2) is 0 Å². The van der Waals surface area contributed by atoms with Crippen LogP contribution in [-0.4, -0.2) is 19.6 Å². The second-order valence-corrected chi connectivity index (χ2v) is 8.08. The number of fused-ring (bicyclic) bond motifs is 1. The van der Waals surface area contributed by atoms with Crippen molar-refractivity contribution in [1.82, 2.24) is 0 Å². The summed E-state index contributed by atoms with van der Waals surface area (Å²) in [5, 5.41) is 0. The van der Waals surface area contributed by atoms with Gasteiger partial charge in [0.05, 0.1) is 0 Å². The molecule has 2 aliphatic rings. The molecule has 1 unspecified atom stereocenters. The van der Waals surface area contributed by atoms with Crippen LogP contribution in [0.25, 0.3) is 0 Å². The Morgan fingerprint density at radius 3 is 2.18 bits per heavy atom. The number of anilines is 2. The van der Waals surface area contributed by atoms with E-state index < -0.39 is 0 Å². The SMILES string of the molecule is c1ccc(C2CN(Cc3ccccc3N3CCCCC3)c3ccccc32)cc1. The molecule has 5 rings (SSSR count). The molecule has 1 saturated heterocycles. The molecule has 0 spiro atoms. The lowest BCUT2D eigenvalue weighted by atomic mass is 9.93. The molecule has 0 bridgehead atoms. The fraction of sp³-hybridized carbons (Fsp3) is 0.308. The minimum absolute atomic E-state index is 0.458. The molecule has 2 aliphatic heterocycles. The molecule has 0 radical (unpaired) electrons. The zero-order valence-electron chi connectivity index (χ0n) is 16.4. The van der Waals surface area contributed by atoms with Gasteiger partial charge in [-0.15, -0.1) is 0 Å². The number of nitrogens with zero attached hydrogens (tertiary/aromatic N) is 2. The quantitative estimate of drug-likeness (QED) is 0.572. The lowest BCUT2D eigenvalue weighted by Gasteiger charge is -2.32. The average molecular weight is 369 g/mol. The molecule has 0 aliphatic carbocycles. The Balaban J connectivity index is 1.45. The standard InChI is InChI=1S/C26H28N2/c1-3-11-21(12-4-1)24-20-28(26-16-8-6-14-23(24)26)19-22-13-5-7-15-25(22)27-17-9-2-10-18-27/h1,3-8,11-16,24H,2,9-10,17-20H2. The third-order valence-corrected chi connectivity index (χ3v) is 6.31. The summed E-state index contributed by atoms with van der Waals surface area (Å²) in [6.07, 6.45) is 4.00. The zero-order chi connectivity index (χ0) is 18.8. The Hall–Kier alpha value is -2.74. The van der Waals surface area contributed by atoms with Gasteiger partial charge in [-0.25, -0.2) is 0 Å². The topological polar surface area (TPSA) is 6.48 Å². The summed E-state index contributed by atoms with van der Waals surface area (Å²) in [7, 11) is 0. The average Bonchev–Trinajstić information content (AvgIpc) is 3.14. The first-order chi connectivity index (χ1) is 13.9. The van der Waals surface area contributed by atoms with Crippen LogP contribution in [-0.2, 0) is 6.54 Å². The first kappa shape index (κ1) is 17.4. The van der Waals surface area contributed by atoms with Gasteiger partial charge < -0.3 is 9.80 Å². The summed E-state index contributed by atoms with van der Waals surface area (Å²) in [6, 6.07) is 29.0. The molecule has 3 aromatic carbocycles. The highest BCUT2D eigenvalue weighted by Crippen LogP contribution is 2.41. The third kappa shape index (κ3) is 3.28. The van der Waals surface area contributed by atoms with Gasteiger partial charge >= 0.3 is 0 Å². The van der Waals surface area contributed by atoms with E-state index >= 15 is 0 Å². The highest BCUT2D eigenvalue weighted by molar-refractivity contribution is 5.64. The van der Waals surface area contributed by atoms with Crippen LogP contribution in [0.5, 0.6) is 0 Å². The Labute approximate surface area is 168 Å². The second-order valence-electron chi connectivity index (χ2n) is 8.08. The van der Waals surface area contributed by atoms with Crippen LogP contribution in [0.1, 0.15) is 41.9 Å². The van der Waals surface area contributed by atoms with E-state index in [4.69, 9.17) is 0 Å². The molecule has 0 saturated carbocycles. The summed E-state index contributed by atoms with van der Waals surface area (Å²) >= 11 is 0. The maximum absolute atomic E-state index is 2.59. The van der Waals surface area contributed by atoms with E-state index in [0.717, 1.165) is 13.1 Å². The van der Waals surface area contributed by atoms with Crippen molar-refractivity contribution >= 4 is 11.4 Å². The van der Waals surface area contributed by atoms with E-state index in [1.165, 1.54) is 60.4 Å². The summed E-state index contributed by atoms with van der Waals surface area (Å²) < 4.78 is 0. The molecule has 1 fully saturated rings. The number of para-hydroxylation sites is 2. The van der Waals surface area contributed by atoms with Crippen LogP contribution in [0.2, 0.25) is 0 Å². The number of hydrogen-bond donors (Lipinski definition) is 0. The molecular weight excluding hydrogens is 340 g/mol. The summed E-state index contributed by atoms with van der Waals surface area (Å²) in [5.74, 6) is 0.458. The molecule has 142 valence electrons. The molecule has 2 nitrogen and oxygen atoms in total. The Bertz CT molecular complexity index is 928. The highest BCUT2D eigenvalue weighted by Gasteiger charge is 2.30. The van der Waals surface area contributed by atoms with Crippen molar-refractivity contribution in [2.45, 2.75) is 31.7 Å². The monoisotopic (exact) mass is 368 g/mol. The number of benzene rings is 3. The van der Waals surface area contributed by atoms with Gasteiger partial charge in [-0.05, 0) is 48.1 Å². The first-order valence-corrected chi connectivity index (χ1v) is 10.6. The maximum Gasteiger partial charge on any atom is 0.0450 e. The van der Waals surface area contributed by atoms with Crippen molar-refractivity contribution in [1.29, 1.82) is 0 Å². The molecule has 28 heavy (non-hydrogen) atoms. The van der Waals surface area contributed by atoms with Crippen molar-refractivity contribution in [2.24, 2.45) is 0 Å². The minimum Gasteiger partial charge on any atom is -0.371 e. The fourth-order valence-corrected chi connectivity index (χ4v) is 4.90. The Morgan fingerprint density at radius 1 is 0.679 bits per heavy atom. The summed E-state index contributed by atoms with van der Waals surface area (Å²) in [4.78, 5) is 5.17. The van der Waals surface area contributed by atoms with E-state index in [9.17, 15) is 0 Å². The molecular formula is C26H28N2. The maximum atomic E-state index is 2.59. The second kappa shape index (κ2) is 7.71. The number of rotatable bonds is 4. The van der Waals surface area contributed by atoms with E-state index in [2.05, 4.69) is 88.7 Å². The van der Waals surface area contributed by atoms with Crippen LogP contribution in [0, 0.1) is 0 Å². The van der Waals surface area contributed by atoms with Gasteiger partial charge in [-0.1, -0.05) is 66.7 Å². The van der Waals surface area contributed by atoms with E-state index in [1.54, 1.807) is 0 Å². The van der Waals surface area contributed by atoms with Crippen LogP contribution < -0.4 is 9.80 Å².